The molecule has 5 aliphatic rings. The number of nitrogens with zero attached hydrogens (tertiary/aromatic N) is 1. The smallest absolute Gasteiger partial charge is 0.316 e. The van der Waals surface area contributed by atoms with E-state index >= 15 is 0 Å². The minimum Gasteiger partial charge on any atom is -0.507 e. The molecule has 0 bridgehead atoms. The third kappa shape index (κ3) is 7.34. The van der Waals surface area contributed by atoms with Crippen molar-refractivity contribution in [1.82, 2.24) is 4.90 Å². The molecular formula is C42H51NO15. The summed E-state index contributed by atoms with van der Waals surface area (Å²) in [5.74, 6) is -5.90. The first-order valence-electron chi connectivity index (χ1n) is 19.6. The van der Waals surface area contributed by atoms with E-state index in [1.807, 2.05) is 32.8 Å². The van der Waals surface area contributed by atoms with E-state index in [0.717, 1.165) is 19.2 Å². The van der Waals surface area contributed by atoms with Crippen LogP contribution in [0.3, 0.4) is 0 Å². The number of methoxy groups -OCH3 is 1. The summed E-state index contributed by atoms with van der Waals surface area (Å²) in [4.78, 5) is 55.0. The molecule has 0 aromatic heterocycles. The number of rotatable bonds is 9. The maximum atomic E-state index is 14.0. The van der Waals surface area contributed by atoms with Gasteiger partial charge in [0.2, 0.25) is 5.78 Å². The van der Waals surface area contributed by atoms with Crippen LogP contribution < -0.4 is 0 Å². The van der Waals surface area contributed by atoms with Gasteiger partial charge in [-0.2, -0.15) is 0 Å². The van der Waals surface area contributed by atoms with Crippen molar-refractivity contribution in [1.29, 1.82) is 0 Å². The van der Waals surface area contributed by atoms with Crippen molar-refractivity contribution in [3.05, 3.63) is 63.7 Å². The molecule has 2 aromatic carbocycles. The van der Waals surface area contributed by atoms with Gasteiger partial charge in [0.15, 0.2) is 30.4 Å². The monoisotopic (exact) mass is 809 g/mol. The van der Waals surface area contributed by atoms with Gasteiger partial charge in [0, 0.05) is 36.4 Å². The van der Waals surface area contributed by atoms with Crippen LogP contribution in [-0.4, -0.2) is 131 Å². The van der Waals surface area contributed by atoms with Crippen LogP contribution in [0, 0.1) is 0 Å². The first-order chi connectivity index (χ1) is 27.5. The molecule has 2 aliphatic carbocycles. The second kappa shape index (κ2) is 16.1. The molecule has 0 unspecified atom stereocenters. The van der Waals surface area contributed by atoms with Crippen molar-refractivity contribution in [2.24, 2.45) is 0 Å². The molecule has 2 aromatic rings. The Labute approximate surface area is 335 Å². The number of ether oxygens (including phenoxy) is 7. The zero-order valence-corrected chi connectivity index (χ0v) is 33.5. The first kappa shape index (κ1) is 41.9. The number of phenolic OH excluding ortho intramolecular Hbond substituents is 3. The maximum Gasteiger partial charge on any atom is 0.316 e. The quantitative estimate of drug-likeness (QED) is 0.179. The number of phenols is 3. The highest BCUT2D eigenvalue weighted by Crippen LogP contribution is 2.54. The van der Waals surface area contributed by atoms with Crippen molar-refractivity contribution >= 4 is 23.3 Å². The Morgan fingerprint density at radius 2 is 1.57 bits per heavy atom. The Morgan fingerprint density at radius 3 is 2.19 bits per heavy atom. The fourth-order valence-electron chi connectivity index (χ4n) is 9.00. The van der Waals surface area contributed by atoms with E-state index in [9.17, 15) is 39.6 Å². The summed E-state index contributed by atoms with van der Waals surface area (Å²) in [6, 6.07) is 3.13. The number of aromatic hydroxyl groups is 3. The van der Waals surface area contributed by atoms with Crippen LogP contribution in [0.1, 0.15) is 115 Å². The fraction of sp³-hybridized carbons (Fsp3) is 0.571. The van der Waals surface area contributed by atoms with Crippen LogP contribution >= 0.6 is 0 Å². The number of fused-ring (bicyclic) bond motifs is 3. The molecule has 4 N–H and O–H groups in total. The van der Waals surface area contributed by atoms with Gasteiger partial charge >= 0.3 is 5.97 Å². The van der Waals surface area contributed by atoms with Crippen LogP contribution in [0.5, 0.6) is 17.2 Å². The summed E-state index contributed by atoms with van der Waals surface area (Å²) in [6.45, 7) is 7.09. The average molecular weight is 810 g/mol. The standard InChI is InChI=1S/C42H51NO15/c1-8-42(51)17-28(32-21(36(42)41(50)52-7)15-22-33(38(32)48)39(49)35-26(46)10-9-25(45)34(35)37(22)47)57-31-16-23(43(5)6)40(20(4)55-31)58-30-14-12-27(19(3)54-30)56-29-13-11-24(44)18(2)53-29/h9-11,13,15,18-20,23,27-31,36,40,45-46,48,51H,8,12,14,16-17H2,1-7H3/t18-,19-,20-,23-,27-,28-,29-,30-,31-,36-,40+,42+/m0/s1. The minimum absolute atomic E-state index is 0.0101. The molecule has 58 heavy (non-hydrogen) atoms. The van der Waals surface area contributed by atoms with Crippen molar-refractivity contribution in [2.45, 2.75) is 133 Å². The molecule has 12 atom stereocenters. The predicted octanol–water partition coefficient (Wildman–Crippen LogP) is 3.67. The van der Waals surface area contributed by atoms with Gasteiger partial charge < -0.3 is 58.5 Å². The molecule has 0 spiro atoms. The Morgan fingerprint density at radius 1 is 0.897 bits per heavy atom. The third-order valence-corrected chi connectivity index (χ3v) is 12.2. The molecule has 3 heterocycles. The topological polar surface area (TPSA) is 217 Å². The second-order valence-electron chi connectivity index (χ2n) is 16.0. The van der Waals surface area contributed by atoms with Gasteiger partial charge in [-0.05, 0) is 83.6 Å². The molecule has 16 heteroatoms. The van der Waals surface area contributed by atoms with Gasteiger partial charge in [-0.1, -0.05) is 6.92 Å². The highest BCUT2D eigenvalue weighted by atomic mass is 16.7. The van der Waals surface area contributed by atoms with E-state index in [1.54, 1.807) is 19.9 Å². The second-order valence-corrected chi connectivity index (χ2v) is 16.0. The molecular weight excluding hydrogens is 758 g/mol. The largest absolute Gasteiger partial charge is 0.507 e. The number of esters is 1. The number of carbonyl (C=O) groups excluding carboxylic acids is 4. The number of ketones is 3. The molecule has 0 saturated carbocycles. The SMILES string of the molecule is CC[C@@]1(O)C[C@H](O[C@H]2C[C@H](N(C)C)[C@H](O[C@H]3CC[C@H](O[C@H]4C=CC(=O)[C@H](C)O4)[C@H](C)O3)[C@H](C)O2)c2c(cc3c(c2O)C(=O)c2c(O)ccc(O)c2C3=O)[C@H]1C(=O)OC. The van der Waals surface area contributed by atoms with Crippen molar-refractivity contribution in [3.63, 3.8) is 0 Å². The van der Waals surface area contributed by atoms with E-state index in [1.165, 1.54) is 12.1 Å². The molecule has 314 valence electrons. The number of hydrogen-bond donors (Lipinski definition) is 4. The van der Waals surface area contributed by atoms with Crippen LogP contribution in [-0.2, 0) is 42.7 Å². The fourth-order valence-corrected chi connectivity index (χ4v) is 9.00. The van der Waals surface area contributed by atoms with Crippen LogP contribution in [0.25, 0.3) is 0 Å². The lowest BCUT2D eigenvalue weighted by Gasteiger charge is -2.48. The molecule has 2 fully saturated rings. The van der Waals surface area contributed by atoms with E-state index < -0.39 is 106 Å². The van der Waals surface area contributed by atoms with Crippen LogP contribution in [0.2, 0.25) is 0 Å². The van der Waals surface area contributed by atoms with E-state index in [0.29, 0.717) is 12.8 Å². The lowest BCUT2D eigenvalue weighted by molar-refractivity contribution is -0.308. The average Bonchev–Trinajstić information content (AvgIpc) is 3.17. The predicted molar refractivity (Wildman–Crippen MR) is 201 cm³/mol. The van der Waals surface area contributed by atoms with Crippen molar-refractivity contribution < 1.29 is 72.8 Å². The van der Waals surface area contributed by atoms with Gasteiger partial charge in [-0.3, -0.25) is 19.2 Å². The van der Waals surface area contributed by atoms with Crippen molar-refractivity contribution in [2.75, 3.05) is 21.2 Å². The summed E-state index contributed by atoms with van der Waals surface area (Å²) in [7, 11) is 4.94. The van der Waals surface area contributed by atoms with Crippen LogP contribution in [0.15, 0.2) is 30.4 Å². The van der Waals surface area contributed by atoms with E-state index in [4.69, 9.17) is 33.2 Å². The Balaban J connectivity index is 1.14. The maximum absolute atomic E-state index is 14.0. The molecule has 16 nitrogen and oxygen atoms in total. The number of hydrogen-bond acceptors (Lipinski definition) is 16. The Kier molecular flexibility index (Phi) is 11.6. The highest BCUT2D eigenvalue weighted by Gasteiger charge is 2.53. The van der Waals surface area contributed by atoms with E-state index in [2.05, 4.69) is 0 Å². The molecule has 0 amide bonds. The molecule has 3 aliphatic heterocycles. The van der Waals surface area contributed by atoms with Gasteiger partial charge in [-0.25, -0.2) is 0 Å². The third-order valence-electron chi connectivity index (χ3n) is 12.2. The first-order valence-corrected chi connectivity index (χ1v) is 19.6. The normalized spacial score (nSPS) is 34.7. The lowest BCUT2D eigenvalue weighted by atomic mass is 9.67. The number of benzene rings is 2. The summed E-state index contributed by atoms with van der Waals surface area (Å²) in [6.07, 6.45) is -1.32. The van der Waals surface area contributed by atoms with Gasteiger partial charge in [0.1, 0.15) is 35.4 Å². The number of aliphatic hydroxyl groups is 1. The zero-order chi connectivity index (χ0) is 42.0. The van der Waals surface area contributed by atoms with Gasteiger partial charge in [0.05, 0.1) is 53.8 Å². The summed E-state index contributed by atoms with van der Waals surface area (Å²) < 4.78 is 42.8. The molecule has 7 rings (SSSR count). The summed E-state index contributed by atoms with van der Waals surface area (Å²) >= 11 is 0. The zero-order valence-electron chi connectivity index (χ0n) is 33.5. The highest BCUT2D eigenvalue weighted by molar-refractivity contribution is 6.31. The summed E-state index contributed by atoms with van der Waals surface area (Å²) in [5, 5.41) is 45.3. The van der Waals surface area contributed by atoms with Crippen LogP contribution in [0.4, 0.5) is 0 Å². The molecule has 2 saturated heterocycles. The van der Waals surface area contributed by atoms with E-state index in [-0.39, 0.29) is 60.0 Å². The summed E-state index contributed by atoms with van der Waals surface area (Å²) in [5.41, 5.74) is -3.45. The Hall–Kier alpha value is -4.26. The minimum atomic E-state index is -1.79. The number of likely N-dealkylation sites (N-methyl/N-ethyl adjacent to an activating group) is 1. The van der Waals surface area contributed by atoms with Gasteiger partial charge in [0.25, 0.3) is 0 Å². The van der Waals surface area contributed by atoms with Crippen molar-refractivity contribution in [3.8, 4) is 17.2 Å². The lowest BCUT2D eigenvalue weighted by Crippen LogP contribution is -2.57. The van der Waals surface area contributed by atoms with Gasteiger partial charge in [-0.15, -0.1) is 0 Å². The molecule has 0 radical (unpaired) electrons. The Bertz CT molecular complexity index is 2010. The number of carbonyl (C=O) groups is 4.